The predicted octanol–water partition coefficient (Wildman–Crippen LogP) is 2.31. The molecule has 2 aromatic rings. The van der Waals surface area contributed by atoms with Crippen LogP contribution in [0.15, 0.2) is 36.4 Å². The van der Waals surface area contributed by atoms with E-state index in [0.29, 0.717) is 12.1 Å². The molecule has 0 aliphatic carbocycles. The first-order valence-electron chi connectivity index (χ1n) is 7.17. The van der Waals surface area contributed by atoms with Gasteiger partial charge in [-0.15, -0.1) is 0 Å². The predicted molar refractivity (Wildman–Crippen MR) is 82.4 cm³/mol. The van der Waals surface area contributed by atoms with Crippen molar-refractivity contribution >= 4 is 11.9 Å². The molecule has 2 rings (SSSR count). The molecule has 3 N–H and O–H groups in total. The van der Waals surface area contributed by atoms with Crippen LogP contribution in [0.5, 0.6) is 0 Å². The Balaban J connectivity index is 2.13. The number of aromatic nitrogens is 2. The second-order valence-electron chi connectivity index (χ2n) is 5.21. The van der Waals surface area contributed by atoms with Crippen LogP contribution in [0.25, 0.3) is 11.3 Å². The SMILES string of the molecule is CCC(C)C(NC(=O)c1cc(-c2ccccc2)n[nH]1)C(=O)O. The van der Waals surface area contributed by atoms with Gasteiger partial charge in [0, 0.05) is 5.56 Å². The summed E-state index contributed by atoms with van der Waals surface area (Å²) in [6.07, 6.45) is 0.662. The molecule has 0 radical (unpaired) electrons. The number of carbonyl (C=O) groups excluding carboxylic acids is 1. The third-order valence-corrected chi connectivity index (χ3v) is 3.66. The molecule has 6 nitrogen and oxygen atoms in total. The van der Waals surface area contributed by atoms with Crippen molar-refractivity contribution in [2.24, 2.45) is 5.92 Å². The minimum atomic E-state index is -1.04. The maximum Gasteiger partial charge on any atom is 0.326 e. The summed E-state index contributed by atoms with van der Waals surface area (Å²) in [5, 5.41) is 18.5. The Hall–Kier alpha value is -2.63. The Morgan fingerprint density at radius 1 is 1.32 bits per heavy atom. The number of benzene rings is 1. The molecule has 0 aliphatic rings. The molecule has 1 aromatic heterocycles. The van der Waals surface area contributed by atoms with Crippen LogP contribution in [0.2, 0.25) is 0 Å². The lowest BCUT2D eigenvalue weighted by molar-refractivity contribution is -0.140. The van der Waals surface area contributed by atoms with Gasteiger partial charge in [0.15, 0.2) is 0 Å². The lowest BCUT2D eigenvalue weighted by Crippen LogP contribution is -2.45. The lowest BCUT2D eigenvalue weighted by Gasteiger charge is -2.19. The van der Waals surface area contributed by atoms with E-state index in [2.05, 4.69) is 15.5 Å². The van der Waals surface area contributed by atoms with Crippen molar-refractivity contribution in [2.45, 2.75) is 26.3 Å². The van der Waals surface area contributed by atoms with Gasteiger partial charge in [-0.1, -0.05) is 50.6 Å². The largest absolute Gasteiger partial charge is 0.480 e. The van der Waals surface area contributed by atoms with Crippen LogP contribution in [-0.2, 0) is 4.79 Å². The summed E-state index contributed by atoms with van der Waals surface area (Å²) in [5.41, 5.74) is 1.77. The van der Waals surface area contributed by atoms with Crippen LogP contribution in [0.1, 0.15) is 30.8 Å². The van der Waals surface area contributed by atoms with Crippen LogP contribution in [0.4, 0.5) is 0 Å². The molecule has 0 fully saturated rings. The van der Waals surface area contributed by atoms with Crippen LogP contribution in [-0.4, -0.2) is 33.2 Å². The number of carboxylic acid groups (broad SMARTS) is 1. The Bertz CT molecular complexity index is 652. The van der Waals surface area contributed by atoms with Crippen molar-refractivity contribution in [2.75, 3.05) is 0 Å². The average molecular weight is 301 g/mol. The number of carbonyl (C=O) groups is 2. The second-order valence-corrected chi connectivity index (χ2v) is 5.21. The monoisotopic (exact) mass is 301 g/mol. The highest BCUT2D eigenvalue weighted by molar-refractivity contribution is 5.95. The van der Waals surface area contributed by atoms with E-state index in [4.69, 9.17) is 0 Å². The van der Waals surface area contributed by atoms with Crippen molar-refractivity contribution in [1.82, 2.24) is 15.5 Å². The Morgan fingerprint density at radius 2 is 2.00 bits per heavy atom. The van der Waals surface area contributed by atoms with Gasteiger partial charge in [0.05, 0.1) is 5.69 Å². The summed E-state index contributed by atoms with van der Waals surface area (Å²) in [7, 11) is 0. The summed E-state index contributed by atoms with van der Waals surface area (Å²) in [6, 6.07) is 10.1. The van der Waals surface area contributed by atoms with Gasteiger partial charge in [0.1, 0.15) is 11.7 Å². The number of H-pyrrole nitrogens is 1. The fourth-order valence-electron chi connectivity index (χ4n) is 2.10. The smallest absolute Gasteiger partial charge is 0.326 e. The highest BCUT2D eigenvalue weighted by Crippen LogP contribution is 2.17. The van der Waals surface area contributed by atoms with E-state index in [-0.39, 0.29) is 11.6 Å². The van der Waals surface area contributed by atoms with E-state index in [1.54, 1.807) is 13.0 Å². The molecule has 1 heterocycles. The molecular formula is C16H19N3O3. The van der Waals surface area contributed by atoms with Crippen molar-refractivity contribution in [1.29, 1.82) is 0 Å². The van der Waals surface area contributed by atoms with Gasteiger partial charge in [-0.3, -0.25) is 9.89 Å². The number of carboxylic acids is 1. The van der Waals surface area contributed by atoms with E-state index in [9.17, 15) is 14.7 Å². The Morgan fingerprint density at radius 3 is 2.59 bits per heavy atom. The standard InChI is InChI=1S/C16H19N3O3/c1-3-10(2)14(16(21)22)17-15(20)13-9-12(18-19-13)11-7-5-4-6-8-11/h4-10,14H,3H2,1-2H3,(H,17,20)(H,18,19)(H,21,22). The molecule has 6 heteroatoms. The van der Waals surface area contributed by atoms with E-state index in [1.807, 2.05) is 37.3 Å². The lowest BCUT2D eigenvalue weighted by atomic mass is 9.99. The first kappa shape index (κ1) is 15.8. The maximum absolute atomic E-state index is 12.2. The van der Waals surface area contributed by atoms with Gasteiger partial charge < -0.3 is 10.4 Å². The molecule has 1 aromatic carbocycles. The van der Waals surface area contributed by atoms with Gasteiger partial charge >= 0.3 is 5.97 Å². The highest BCUT2D eigenvalue weighted by atomic mass is 16.4. The minimum absolute atomic E-state index is 0.155. The first-order valence-corrected chi connectivity index (χ1v) is 7.17. The number of hydrogen-bond acceptors (Lipinski definition) is 3. The Kier molecular flexibility index (Phi) is 4.93. The van der Waals surface area contributed by atoms with Crippen molar-refractivity contribution in [3.63, 3.8) is 0 Å². The fraction of sp³-hybridized carbons (Fsp3) is 0.312. The quantitative estimate of drug-likeness (QED) is 0.763. The first-order chi connectivity index (χ1) is 10.5. The topological polar surface area (TPSA) is 95.1 Å². The van der Waals surface area contributed by atoms with Gasteiger partial charge in [0.25, 0.3) is 5.91 Å². The zero-order valence-corrected chi connectivity index (χ0v) is 12.5. The molecule has 0 aliphatic heterocycles. The average Bonchev–Trinajstić information content (AvgIpc) is 3.02. The van der Waals surface area contributed by atoms with Crippen LogP contribution in [0, 0.1) is 5.92 Å². The number of amides is 1. The molecule has 0 saturated carbocycles. The van der Waals surface area contributed by atoms with Crippen LogP contribution < -0.4 is 5.32 Å². The summed E-state index contributed by atoms with van der Waals surface area (Å²) in [5.74, 6) is -1.66. The molecule has 2 unspecified atom stereocenters. The van der Waals surface area contributed by atoms with Crippen molar-refractivity contribution < 1.29 is 14.7 Å². The summed E-state index contributed by atoms with van der Waals surface area (Å²) < 4.78 is 0. The zero-order valence-electron chi connectivity index (χ0n) is 12.5. The van der Waals surface area contributed by atoms with Gasteiger partial charge in [-0.25, -0.2) is 4.79 Å². The molecular weight excluding hydrogens is 282 g/mol. The van der Waals surface area contributed by atoms with Crippen LogP contribution >= 0.6 is 0 Å². The number of aromatic amines is 1. The normalized spacial score (nSPS) is 13.4. The van der Waals surface area contributed by atoms with Crippen LogP contribution in [0.3, 0.4) is 0 Å². The van der Waals surface area contributed by atoms with E-state index >= 15 is 0 Å². The molecule has 22 heavy (non-hydrogen) atoms. The minimum Gasteiger partial charge on any atom is -0.480 e. The highest BCUT2D eigenvalue weighted by Gasteiger charge is 2.26. The van der Waals surface area contributed by atoms with E-state index < -0.39 is 17.9 Å². The molecule has 2 atom stereocenters. The third kappa shape index (κ3) is 3.52. The number of rotatable bonds is 6. The number of nitrogens with zero attached hydrogens (tertiary/aromatic N) is 1. The van der Waals surface area contributed by atoms with E-state index in [0.717, 1.165) is 5.56 Å². The molecule has 0 spiro atoms. The zero-order chi connectivity index (χ0) is 16.1. The molecule has 0 bridgehead atoms. The van der Waals surface area contributed by atoms with Crippen molar-refractivity contribution in [3.8, 4) is 11.3 Å². The number of hydrogen-bond donors (Lipinski definition) is 3. The van der Waals surface area contributed by atoms with Gasteiger partial charge in [0.2, 0.25) is 0 Å². The van der Waals surface area contributed by atoms with Crippen molar-refractivity contribution in [3.05, 3.63) is 42.1 Å². The summed E-state index contributed by atoms with van der Waals surface area (Å²) in [6.45, 7) is 3.68. The molecule has 1 amide bonds. The summed E-state index contributed by atoms with van der Waals surface area (Å²) in [4.78, 5) is 23.4. The third-order valence-electron chi connectivity index (χ3n) is 3.66. The Labute approximate surface area is 128 Å². The number of nitrogens with one attached hydrogen (secondary N) is 2. The van der Waals surface area contributed by atoms with Gasteiger partial charge in [-0.05, 0) is 12.0 Å². The maximum atomic E-state index is 12.2. The van der Waals surface area contributed by atoms with Gasteiger partial charge in [-0.2, -0.15) is 5.10 Å². The second kappa shape index (κ2) is 6.89. The molecule has 0 saturated heterocycles. The van der Waals surface area contributed by atoms with E-state index in [1.165, 1.54) is 0 Å². The summed E-state index contributed by atoms with van der Waals surface area (Å²) >= 11 is 0. The fourth-order valence-corrected chi connectivity index (χ4v) is 2.10. The number of aliphatic carboxylic acids is 1. The molecule has 116 valence electrons.